The van der Waals surface area contributed by atoms with E-state index in [1.54, 1.807) is 13.8 Å². The van der Waals surface area contributed by atoms with E-state index in [2.05, 4.69) is 5.32 Å². The third-order valence-electron chi connectivity index (χ3n) is 5.16. The van der Waals surface area contributed by atoms with Gasteiger partial charge >= 0.3 is 12.1 Å². The Labute approximate surface area is 165 Å². The first-order chi connectivity index (χ1) is 13.4. The number of cyclic esters (lactones) is 1. The molecule has 1 heterocycles. The summed E-state index contributed by atoms with van der Waals surface area (Å²) in [6.45, 7) is 2.41. The van der Waals surface area contributed by atoms with E-state index in [-0.39, 0.29) is 6.61 Å². The van der Waals surface area contributed by atoms with E-state index >= 15 is 0 Å². The number of carbonyl (C=O) groups excluding carboxylic acids is 1. The average molecular weight is 411 g/mol. The number of hydrogen-bond donors (Lipinski definition) is 2. The van der Waals surface area contributed by atoms with Crippen molar-refractivity contribution in [1.29, 1.82) is 0 Å². The van der Waals surface area contributed by atoms with Crippen molar-refractivity contribution in [3.8, 4) is 0 Å². The largest absolute Gasteiger partial charge is 0.457 e. The molecule has 0 fully saturated rings. The highest BCUT2D eigenvalue weighted by Crippen LogP contribution is 2.41. The van der Waals surface area contributed by atoms with Crippen LogP contribution in [0.1, 0.15) is 41.8 Å². The van der Waals surface area contributed by atoms with E-state index in [0.717, 1.165) is 0 Å². The predicted molar refractivity (Wildman–Crippen MR) is 99.1 cm³/mol. The SMILES string of the molecule is CC(C)(CC(O)(CNc1ccc2c(c1)COC2=O)C(F)(F)F)c1ccc(F)cc1. The second-order valence-electron chi connectivity index (χ2n) is 7.90. The van der Waals surface area contributed by atoms with Crippen LogP contribution in [0.2, 0.25) is 0 Å². The molecule has 2 aromatic rings. The van der Waals surface area contributed by atoms with Crippen LogP contribution in [-0.4, -0.2) is 29.4 Å². The molecule has 0 bridgehead atoms. The van der Waals surface area contributed by atoms with Crippen LogP contribution in [0.4, 0.5) is 23.2 Å². The number of hydrogen-bond acceptors (Lipinski definition) is 4. The summed E-state index contributed by atoms with van der Waals surface area (Å²) in [4.78, 5) is 11.5. The lowest BCUT2D eigenvalue weighted by molar-refractivity contribution is -0.260. The smallest absolute Gasteiger partial charge is 0.418 e. The number of benzene rings is 2. The molecule has 2 aromatic carbocycles. The highest BCUT2D eigenvalue weighted by Gasteiger charge is 2.55. The van der Waals surface area contributed by atoms with Gasteiger partial charge in [0.15, 0.2) is 5.60 Å². The van der Waals surface area contributed by atoms with Crippen LogP contribution in [0, 0.1) is 5.82 Å². The number of ether oxygens (including phenoxy) is 1. The van der Waals surface area contributed by atoms with Gasteiger partial charge in [0.25, 0.3) is 0 Å². The fourth-order valence-electron chi connectivity index (χ4n) is 3.49. The van der Waals surface area contributed by atoms with E-state index in [4.69, 9.17) is 4.74 Å². The van der Waals surface area contributed by atoms with Gasteiger partial charge in [-0.1, -0.05) is 26.0 Å². The summed E-state index contributed by atoms with van der Waals surface area (Å²) in [5.74, 6) is -0.962. The highest BCUT2D eigenvalue weighted by atomic mass is 19.4. The molecule has 8 heteroatoms. The molecule has 0 spiro atoms. The van der Waals surface area contributed by atoms with Crippen LogP contribution in [-0.2, 0) is 16.8 Å². The van der Waals surface area contributed by atoms with Gasteiger partial charge in [-0.25, -0.2) is 9.18 Å². The van der Waals surface area contributed by atoms with Crippen molar-refractivity contribution in [3.63, 3.8) is 0 Å². The predicted octanol–water partition coefficient (Wildman–Crippen LogP) is 4.57. The quantitative estimate of drug-likeness (QED) is 0.540. The number of carbonyl (C=O) groups is 1. The minimum absolute atomic E-state index is 0.0603. The maximum atomic E-state index is 13.8. The highest BCUT2D eigenvalue weighted by molar-refractivity contribution is 5.93. The first-order valence-corrected chi connectivity index (χ1v) is 9.00. The standard InChI is InChI=1S/C21H21F4NO3/c1-19(2,14-3-5-15(22)6-4-14)11-20(28,21(23,24)25)12-26-16-7-8-17-13(9-16)10-29-18(17)27/h3-9,26,28H,10-12H2,1-2H3. The summed E-state index contributed by atoms with van der Waals surface area (Å²) in [6, 6.07) is 9.65. The Hall–Kier alpha value is -2.61. The third kappa shape index (κ3) is 4.37. The molecule has 4 nitrogen and oxygen atoms in total. The summed E-state index contributed by atoms with van der Waals surface area (Å²) in [7, 11) is 0. The normalized spacial score (nSPS) is 16.2. The summed E-state index contributed by atoms with van der Waals surface area (Å²) in [5, 5.41) is 13.2. The number of alkyl halides is 3. The van der Waals surface area contributed by atoms with E-state index in [0.29, 0.717) is 22.4 Å². The van der Waals surface area contributed by atoms with Crippen LogP contribution < -0.4 is 5.32 Å². The third-order valence-corrected chi connectivity index (χ3v) is 5.16. The lowest BCUT2D eigenvalue weighted by Crippen LogP contribution is -2.53. The first-order valence-electron chi connectivity index (χ1n) is 9.00. The first kappa shape index (κ1) is 21.1. The second kappa shape index (κ2) is 7.33. The van der Waals surface area contributed by atoms with Crippen molar-refractivity contribution >= 4 is 11.7 Å². The number of aliphatic hydroxyl groups is 1. The van der Waals surface area contributed by atoms with Crippen molar-refractivity contribution in [1.82, 2.24) is 0 Å². The van der Waals surface area contributed by atoms with Gasteiger partial charge in [-0.05, 0) is 47.7 Å². The topological polar surface area (TPSA) is 58.6 Å². The second-order valence-corrected chi connectivity index (χ2v) is 7.90. The Morgan fingerprint density at radius 3 is 2.38 bits per heavy atom. The Morgan fingerprint density at radius 1 is 1.10 bits per heavy atom. The van der Waals surface area contributed by atoms with E-state index in [1.165, 1.54) is 42.5 Å². The molecule has 0 aliphatic carbocycles. The van der Waals surface area contributed by atoms with Crippen LogP contribution in [0.5, 0.6) is 0 Å². The molecule has 3 rings (SSSR count). The molecule has 2 N–H and O–H groups in total. The number of nitrogens with one attached hydrogen (secondary N) is 1. The summed E-state index contributed by atoms with van der Waals surface area (Å²) < 4.78 is 59.4. The summed E-state index contributed by atoms with van der Waals surface area (Å²) in [6.07, 6.45) is -5.53. The molecule has 0 aromatic heterocycles. The van der Waals surface area contributed by atoms with Crippen molar-refractivity contribution in [2.45, 2.75) is 44.1 Å². The Balaban J connectivity index is 1.80. The molecular formula is C21H21F4NO3. The Bertz CT molecular complexity index is 909. The zero-order valence-electron chi connectivity index (χ0n) is 15.9. The number of rotatable bonds is 6. The van der Waals surface area contributed by atoms with Gasteiger partial charge in [-0.3, -0.25) is 0 Å². The molecule has 1 atom stereocenters. The molecular weight excluding hydrogens is 390 g/mol. The molecule has 0 radical (unpaired) electrons. The van der Waals surface area contributed by atoms with Gasteiger partial charge in [0.2, 0.25) is 0 Å². The van der Waals surface area contributed by atoms with Gasteiger partial charge in [0.05, 0.1) is 12.1 Å². The number of anilines is 1. The lowest BCUT2D eigenvalue weighted by Gasteiger charge is -2.38. The van der Waals surface area contributed by atoms with Crippen LogP contribution in [0.3, 0.4) is 0 Å². The number of fused-ring (bicyclic) bond motifs is 1. The van der Waals surface area contributed by atoms with Gasteiger partial charge in [0.1, 0.15) is 12.4 Å². The van der Waals surface area contributed by atoms with E-state index in [9.17, 15) is 27.5 Å². The summed E-state index contributed by atoms with van der Waals surface area (Å²) in [5.41, 5.74) is -2.34. The van der Waals surface area contributed by atoms with Crippen LogP contribution in [0.25, 0.3) is 0 Å². The molecule has 1 aliphatic rings. The molecule has 29 heavy (non-hydrogen) atoms. The van der Waals surface area contributed by atoms with Crippen molar-refractivity contribution < 1.29 is 32.2 Å². The minimum atomic E-state index is -4.90. The van der Waals surface area contributed by atoms with Crippen molar-refractivity contribution in [2.75, 3.05) is 11.9 Å². The molecule has 0 saturated carbocycles. The molecule has 1 aliphatic heterocycles. The fraction of sp³-hybridized carbons (Fsp3) is 0.381. The minimum Gasteiger partial charge on any atom is -0.457 e. The van der Waals surface area contributed by atoms with Gasteiger partial charge < -0.3 is 15.2 Å². The van der Waals surface area contributed by atoms with Gasteiger partial charge in [-0.2, -0.15) is 13.2 Å². The zero-order chi connectivity index (χ0) is 21.4. The van der Waals surface area contributed by atoms with E-state index in [1.807, 2.05) is 0 Å². The molecule has 0 amide bonds. The molecule has 1 unspecified atom stereocenters. The number of esters is 1. The van der Waals surface area contributed by atoms with E-state index < -0.39 is 41.9 Å². The van der Waals surface area contributed by atoms with Gasteiger partial charge in [0, 0.05) is 11.3 Å². The average Bonchev–Trinajstić information content (AvgIpc) is 2.99. The Morgan fingerprint density at radius 2 is 1.76 bits per heavy atom. The van der Waals surface area contributed by atoms with Crippen LogP contribution in [0.15, 0.2) is 42.5 Å². The summed E-state index contributed by atoms with van der Waals surface area (Å²) >= 11 is 0. The van der Waals surface area contributed by atoms with Gasteiger partial charge in [-0.15, -0.1) is 0 Å². The monoisotopic (exact) mass is 411 g/mol. The zero-order valence-corrected chi connectivity index (χ0v) is 15.9. The van der Waals surface area contributed by atoms with Crippen molar-refractivity contribution in [2.24, 2.45) is 0 Å². The lowest BCUT2D eigenvalue weighted by atomic mass is 9.75. The molecule has 156 valence electrons. The maximum absolute atomic E-state index is 13.8. The number of halogens is 4. The molecule has 0 saturated heterocycles. The van der Waals surface area contributed by atoms with Crippen LogP contribution >= 0.6 is 0 Å². The maximum Gasteiger partial charge on any atom is 0.418 e. The van der Waals surface area contributed by atoms with Crippen molar-refractivity contribution in [3.05, 3.63) is 65.0 Å². The Kier molecular flexibility index (Phi) is 5.34. The fourth-order valence-corrected chi connectivity index (χ4v) is 3.49.